The molecule has 1 heterocycles. The van der Waals surface area contributed by atoms with E-state index in [0.29, 0.717) is 18.1 Å². The lowest BCUT2D eigenvalue weighted by Crippen LogP contribution is -2.56. The van der Waals surface area contributed by atoms with Crippen LogP contribution in [0.5, 0.6) is 0 Å². The van der Waals surface area contributed by atoms with Crippen LogP contribution in [0.2, 0.25) is 0 Å². The zero-order valence-electron chi connectivity index (χ0n) is 13.1. The molecule has 19 heavy (non-hydrogen) atoms. The first kappa shape index (κ1) is 14.5. The molecule has 0 unspecified atom stereocenters. The molecule has 2 rings (SSSR count). The number of likely N-dealkylation sites (N-methyl/N-ethyl adjacent to an activating group) is 1. The first-order valence-electron chi connectivity index (χ1n) is 7.59. The smallest absolute Gasteiger partial charge is 0.0323 e. The van der Waals surface area contributed by atoms with Crippen LogP contribution in [-0.2, 0) is 0 Å². The molecule has 2 nitrogen and oxygen atoms in total. The minimum absolute atomic E-state index is 0.511. The zero-order valence-corrected chi connectivity index (χ0v) is 13.1. The van der Waals surface area contributed by atoms with E-state index in [2.05, 4.69) is 68.7 Å². The molecule has 0 bridgehead atoms. The lowest BCUT2D eigenvalue weighted by molar-refractivity contribution is 0.0216. The quantitative estimate of drug-likeness (QED) is 0.821. The van der Waals surface area contributed by atoms with E-state index >= 15 is 0 Å². The summed E-state index contributed by atoms with van der Waals surface area (Å²) in [6.45, 7) is 15.0. The van der Waals surface area contributed by atoms with E-state index in [0.717, 1.165) is 6.54 Å². The van der Waals surface area contributed by atoms with Gasteiger partial charge in [-0.3, -0.25) is 9.80 Å². The van der Waals surface area contributed by atoms with Gasteiger partial charge in [0.05, 0.1) is 0 Å². The molecule has 0 saturated carbocycles. The summed E-state index contributed by atoms with van der Waals surface area (Å²) in [5.41, 5.74) is 2.81. The van der Waals surface area contributed by atoms with Crippen molar-refractivity contribution in [2.45, 2.75) is 52.7 Å². The van der Waals surface area contributed by atoms with E-state index in [9.17, 15) is 0 Å². The maximum absolute atomic E-state index is 2.66. The van der Waals surface area contributed by atoms with Crippen molar-refractivity contribution in [2.75, 3.05) is 19.6 Å². The van der Waals surface area contributed by atoms with E-state index in [4.69, 9.17) is 0 Å². The first-order chi connectivity index (χ1) is 9.02. The molecule has 1 saturated heterocycles. The maximum atomic E-state index is 2.66. The van der Waals surface area contributed by atoms with E-state index in [1.807, 2.05) is 0 Å². The Morgan fingerprint density at radius 3 is 2.58 bits per heavy atom. The number of rotatable bonds is 3. The molecular formula is C17H28N2. The number of nitrogens with zero attached hydrogens (tertiary/aromatic N) is 2. The highest BCUT2D eigenvalue weighted by atomic mass is 15.3. The molecule has 0 aliphatic carbocycles. The predicted molar refractivity (Wildman–Crippen MR) is 82.5 cm³/mol. The Labute approximate surface area is 118 Å². The van der Waals surface area contributed by atoms with Gasteiger partial charge >= 0.3 is 0 Å². The predicted octanol–water partition coefficient (Wildman–Crippen LogP) is 3.47. The summed E-state index contributed by atoms with van der Waals surface area (Å²) in [6.07, 6.45) is 0. The molecule has 0 amide bonds. The van der Waals surface area contributed by atoms with E-state index in [1.54, 1.807) is 0 Å². The number of piperazine rings is 1. The number of aryl methyl sites for hydroxylation is 1. The second-order valence-corrected chi connectivity index (χ2v) is 6.07. The zero-order chi connectivity index (χ0) is 14.0. The van der Waals surface area contributed by atoms with E-state index in [-0.39, 0.29) is 0 Å². The van der Waals surface area contributed by atoms with Crippen molar-refractivity contribution in [3.05, 3.63) is 35.4 Å². The van der Waals surface area contributed by atoms with Crippen molar-refractivity contribution in [3.8, 4) is 0 Å². The van der Waals surface area contributed by atoms with E-state index in [1.165, 1.54) is 24.2 Å². The van der Waals surface area contributed by atoms with Gasteiger partial charge in [0.15, 0.2) is 0 Å². The standard InChI is InChI=1S/C17H28N2/c1-6-18-11-15(4)19(12-14(18)3)16(5)17-9-7-8-13(2)10-17/h7-10,14-16H,6,11-12H2,1-5H3/t14-,15+,16-/m1/s1. The highest BCUT2D eigenvalue weighted by Gasteiger charge is 2.31. The van der Waals surface area contributed by atoms with Gasteiger partial charge in [-0.15, -0.1) is 0 Å². The van der Waals surface area contributed by atoms with Gasteiger partial charge in [-0.25, -0.2) is 0 Å². The molecule has 1 aromatic carbocycles. The minimum atomic E-state index is 0.511. The topological polar surface area (TPSA) is 6.48 Å². The van der Waals surface area contributed by atoms with Crippen molar-refractivity contribution in [1.82, 2.24) is 9.80 Å². The number of hydrogen-bond acceptors (Lipinski definition) is 2. The SMILES string of the molecule is CCN1C[C@H](C)N([C@H](C)c2cccc(C)c2)C[C@H]1C. The molecule has 1 aromatic rings. The second-order valence-electron chi connectivity index (χ2n) is 6.07. The van der Waals surface area contributed by atoms with Crippen LogP contribution in [-0.4, -0.2) is 41.5 Å². The van der Waals surface area contributed by atoms with Crippen LogP contribution in [0.4, 0.5) is 0 Å². The second kappa shape index (κ2) is 6.06. The fourth-order valence-corrected chi connectivity index (χ4v) is 3.33. The maximum Gasteiger partial charge on any atom is 0.0323 e. The van der Waals surface area contributed by atoms with Gasteiger partial charge in [0, 0.05) is 31.2 Å². The van der Waals surface area contributed by atoms with Crippen molar-refractivity contribution in [2.24, 2.45) is 0 Å². The third-order valence-corrected chi connectivity index (χ3v) is 4.59. The van der Waals surface area contributed by atoms with Gasteiger partial charge in [0.25, 0.3) is 0 Å². The fourth-order valence-electron chi connectivity index (χ4n) is 3.33. The lowest BCUT2D eigenvalue weighted by Gasteiger charge is -2.46. The Bertz CT molecular complexity index is 415. The molecule has 1 fully saturated rings. The Morgan fingerprint density at radius 2 is 1.95 bits per heavy atom. The molecule has 0 N–H and O–H groups in total. The molecule has 0 radical (unpaired) electrons. The highest BCUT2D eigenvalue weighted by molar-refractivity contribution is 5.25. The monoisotopic (exact) mass is 260 g/mol. The summed E-state index contributed by atoms with van der Waals surface area (Å²) >= 11 is 0. The third kappa shape index (κ3) is 3.18. The third-order valence-electron chi connectivity index (χ3n) is 4.59. The van der Waals surface area contributed by atoms with Gasteiger partial charge in [0.1, 0.15) is 0 Å². The molecule has 0 spiro atoms. The van der Waals surface area contributed by atoms with Crippen LogP contribution in [0.3, 0.4) is 0 Å². The van der Waals surface area contributed by atoms with Crippen LogP contribution < -0.4 is 0 Å². The lowest BCUT2D eigenvalue weighted by atomic mass is 10.00. The van der Waals surface area contributed by atoms with Crippen molar-refractivity contribution >= 4 is 0 Å². The highest BCUT2D eigenvalue weighted by Crippen LogP contribution is 2.27. The normalized spacial score (nSPS) is 27.4. The molecule has 1 aliphatic rings. The van der Waals surface area contributed by atoms with Crippen LogP contribution in [0.15, 0.2) is 24.3 Å². The number of hydrogen-bond donors (Lipinski definition) is 0. The summed E-state index contributed by atoms with van der Waals surface area (Å²) in [4.78, 5) is 5.25. The van der Waals surface area contributed by atoms with Gasteiger partial charge in [-0.1, -0.05) is 36.8 Å². The van der Waals surface area contributed by atoms with Crippen LogP contribution >= 0.6 is 0 Å². The first-order valence-corrected chi connectivity index (χ1v) is 7.59. The van der Waals surface area contributed by atoms with Gasteiger partial charge < -0.3 is 0 Å². The largest absolute Gasteiger partial charge is 0.298 e. The van der Waals surface area contributed by atoms with Crippen molar-refractivity contribution < 1.29 is 0 Å². The van der Waals surface area contributed by atoms with Gasteiger partial charge in [0.2, 0.25) is 0 Å². The average Bonchev–Trinajstić information content (AvgIpc) is 2.40. The van der Waals surface area contributed by atoms with Crippen molar-refractivity contribution in [1.29, 1.82) is 0 Å². The molecule has 1 aliphatic heterocycles. The number of benzene rings is 1. The average molecular weight is 260 g/mol. The summed E-state index contributed by atoms with van der Waals surface area (Å²) in [5.74, 6) is 0. The summed E-state index contributed by atoms with van der Waals surface area (Å²) in [5, 5.41) is 0. The van der Waals surface area contributed by atoms with Crippen LogP contribution in [0.1, 0.15) is 44.9 Å². The Hall–Kier alpha value is -0.860. The molecule has 2 heteroatoms. The Kier molecular flexibility index (Phi) is 4.64. The Balaban J connectivity index is 2.13. The summed E-state index contributed by atoms with van der Waals surface area (Å²) in [7, 11) is 0. The molecular weight excluding hydrogens is 232 g/mol. The summed E-state index contributed by atoms with van der Waals surface area (Å²) in [6, 6.07) is 10.8. The van der Waals surface area contributed by atoms with E-state index < -0.39 is 0 Å². The van der Waals surface area contributed by atoms with Crippen molar-refractivity contribution in [3.63, 3.8) is 0 Å². The van der Waals surface area contributed by atoms with Gasteiger partial charge in [-0.05, 0) is 39.8 Å². The van der Waals surface area contributed by atoms with Crippen LogP contribution in [0.25, 0.3) is 0 Å². The molecule has 3 atom stereocenters. The molecule has 0 aromatic heterocycles. The molecule has 106 valence electrons. The van der Waals surface area contributed by atoms with Gasteiger partial charge in [-0.2, -0.15) is 0 Å². The Morgan fingerprint density at radius 1 is 1.21 bits per heavy atom. The minimum Gasteiger partial charge on any atom is -0.298 e. The fraction of sp³-hybridized carbons (Fsp3) is 0.647. The summed E-state index contributed by atoms with van der Waals surface area (Å²) < 4.78 is 0. The van der Waals surface area contributed by atoms with Crippen LogP contribution in [0, 0.1) is 6.92 Å².